The van der Waals surface area contributed by atoms with E-state index in [1.165, 1.54) is 0 Å². The molecule has 5 rings (SSSR count). The lowest BCUT2D eigenvalue weighted by Gasteiger charge is -2.52. The van der Waals surface area contributed by atoms with Crippen LogP contribution in [-0.4, -0.2) is 29.9 Å². The second-order valence-electron chi connectivity index (χ2n) is 15.3. The molecule has 0 aliphatic heterocycles. The molecule has 2 aromatic carbocycles. The predicted octanol–water partition coefficient (Wildman–Crippen LogP) is 8.76. The minimum Gasteiger partial charge on any atom is -0.462 e. The van der Waals surface area contributed by atoms with E-state index in [1.54, 1.807) is 0 Å². The highest BCUT2D eigenvalue weighted by Crippen LogP contribution is 2.51. The van der Waals surface area contributed by atoms with Gasteiger partial charge in [-0.25, -0.2) is 0 Å². The van der Waals surface area contributed by atoms with E-state index in [9.17, 15) is 9.59 Å². The lowest BCUT2D eigenvalue weighted by molar-refractivity contribution is -0.336. The van der Waals surface area contributed by atoms with Gasteiger partial charge in [-0.05, 0) is 72.3 Å². The van der Waals surface area contributed by atoms with Crippen molar-refractivity contribution in [2.45, 2.75) is 118 Å². The van der Waals surface area contributed by atoms with Gasteiger partial charge < -0.3 is 18.9 Å². The summed E-state index contributed by atoms with van der Waals surface area (Å²) in [6.45, 7) is 13.8. The molecule has 0 aromatic heterocycles. The molecule has 8 atom stereocenters. The van der Waals surface area contributed by atoms with Crippen LogP contribution in [0.2, 0.25) is 0 Å². The molecule has 0 N–H and O–H groups in total. The zero-order chi connectivity index (χ0) is 32.8. The second-order valence-corrected chi connectivity index (χ2v) is 15.3. The van der Waals surface area contributed by atoms with Gasteiger partial charge in [0.05, 0.1) is 19.1 Å². The third-order valence-corrected chi connectivity index (χ3v) is 11.0. The Morgan fingerprint density at radius 1 is 0.674 bits per heavy atom. The molecule has 3 aliphatic carbocycles. The van der Waals surface area contributed by atoms with Crippen LogP contribution < -0.4 is 0 Å². The number of hydrogen-bond donors (Lipinski definition) is 0. The zero-order valence-electron chi connectivity index (χ0n) is 28.9. The molecule has 6 nitrogen and oxygen atoms in total. The van der Waals surface area contributed by atoms with Gasteiger partial charge in [-0.2, -0.15) is 0 Å². The molecular weight excluding hydrogens is 576 g/mol. The van der Waals surface area contributed by atoms with E-state index in [4.69, 9.17) is 18.9 Å². The summed E-state index contributed by atoms with van der Waals surface area (Å²) in [7, 11) is 0. The summed E-state index contributed by atoms with van der Waals surface area (Å²) < 4.78 is 26.0. The molecule has 46 heavy (non-hydrogen) atoms. The Morgan fingerprint density at radius 3 is 1.54 bits per heavy atom. The van der Waals surface area contributed by atoms with Crippen molar-refractivity contribution >= 4 is 11.9 Å². The van der Waals surface area contributed by atoms with Crippen molar-refractivity contribution < 1.29 is 28.5 Å². The number of carbonyl (C=O) groups excluding carboxylic acids is 2. The fourth-order valence-electron chi connectivity index (χ4n) is 8.12. The number of rotatable bonds is 12. The summed E-state index contributed by atoms with van der Waals surface area (Å²) in [5.41, 5.74) is 1.94. The highest BCUT2D eigenvalue weighted by molar-refractivity contribution is 5.85. The van der Waals surface area contributed by atoms with Crippen molar-refractivity contribution in [2.24, 2.45) is 47.3 Å². The molecule has 2 aromatic rings. The molecule has 0 spiro atoms. The number of ether oxygens (including phenoxy) is 4. The minimum absolute atomic E-state index is 0.150. The highest BCUT2D eigenvalue weighted by atomic mass is 16.7. The van der Waals surface area contributed by atoms with Gasteiger partial charge in [0.1, 0.15) is 18.1 Å². The molecule has 3 fully saturated rings. The summed E-state index contributed by atoms with van der Waals surface area (Å²) in [4.78, 5) is 28.5. The molecule has 0 saturated heterocycles. The maximum absolute atomic E-state index is 14.4. The van der Waals surface area contributed by atoms with E-state index in [0.29, 0.717) is 29.6 Å². The van der Waals surface area contributed by atoms with E-state index in [1.807, 2.05) is 60.7 Å². The first kappa shape index (κ1) is 34.6. The standard InChI is InChI=1S/C40H56O6/c1-26(2)32-19-17-28(5)21-35(32)45-38(41)34-23-40(43-24-30-13-9-7-10-14-30,44-25-31-15-11-8-12-16-31)37(34)39(42)46-36-22-29(6)18-20-33(36)27(3)4/h7-16,26-29,32-37H,17-25H2,1-6H3. The lowest BCUT2D eigenvalue weighted by Crippen LogP contribution is -2.64. The van der Waals surface area contributed by atoms with E-state index < -0.39 is 23.6 Å². The largest absolute Gasteiger partial charge is 0.462 e. The normalized spacial score (nSPS) is 30.9. The van der Waals surface area contributed by atoms with Crippen LogP contribution >= 0.6 is 0 Å². The van der Waals surface area contributed by atoms with Crippen LogP contribution in [-0.2, 0) is 41.8 Å². The number of hydrogen-bond acceptors (Lipinski definition) is 6. The Bertz CT molecular complexity index is 1220. The van der Waals surface area contributed by atoms with E-state index >= 15 is 0 Å². The monoisotopic (exact) mass is 632 g/mol. The molecule has 6 heteroatoms. The second kappa shape index (κ2) is 15.5. The van der Waals surface area contributed by atoms with Gasteiger partial charge in [-0.15, -0.1) is 0 Å². The first-order chi connectivity index (χ1) is 22.1. The fourth-order valence-corrected chi connectivity index (χ4v) is 8.12. The third-order valence-electron chi connectivity index (χ3n) is 11.0. The summed E-state index contributed by atoms with van der Waals surface area (Å²) in [5, 5.41) is 0. The molecule has 3 saturated carbocycles. The van der Waals surface area contributed by atoms with Gasteiger partial charge in [-0.1, -0.05) is 115 Å². The van der Waals surface area contributed by atoms with Crippen molar-refractivity contribution in [2.75, 3.05) is 0 Å². The maximum atomic E-state index is 14.4. The van der Waals surface area contributed by atoms with Gasteiger partial charge in [0.2, 0.25) is 0 Å². The Labute approximate surface area is 276 Å². The van der Waals surface area contributed by atoms with E-state index in [2.05, 4.69) is 41.5 Å². The molecule has 3 aliphatic rings. The number of benzene rings is 2. The fraction of sp³-hybridized carbons (Fsp3) is 0.650. The van der Waals surface area contributed by atoms with Crippen molar-refractivity contribution in [3.63, 3.8) is 0 Å². The van der Waals surface area contributed by atoms with E-state index in [-0.39, 0.29) is 43.7 Å². The van der Waals surface area contributed by atoms with Crippen molar-refractivity contribution in [1.29, 1.82) is 0 Å². The molecule has 0 radical (unpaired) electrons. The molecule has 0 amide bonds. The smallest absolute Gasteiger partial charge is 0.315 e. The SMILES string of the molecule is CC1CCC(C(C)C)C(OC(=O)C2CC(OCc3ccccc3)(OCc3ccccc3)C2C(=O)OC2CC(C)CCC2C(C)C)C1. The maximum Gasteiger partial charge on any atom is 0.315 e. The van der Waals surface area contributed by atoms with Gasteiger partial charge in [0.25, 0.3) is 0 Å². The summed E-state index contributed by atoms with van der Waals surface area (Å²) in [6.07, 6.45) is 5.95. The van der Waals surface area contributed by atoms with Gasteiger partial charge in [0.15, 0.2) is 5.79 Å². The average molecular weight is 633 g/mol. The Morgan fingerprint density at radius 2 is 1.11 bits per heavy atom. The van der Waals surface area contributed by atoms with Crippen LogP contribution in [0.15, 0.2) is 60.7 Å². The average Bonchev–Trinajstić information content (AvgIpc) is 3.01. The van der Waals surface area contributed by atoms with Crippen LogP contribution in [0, 0.1) is 47.3 Å². The van der Waals surface area contributed by atoms with Gasteiger partial charge >= 0.3 is 11.9 Å². The topological polar surface area (TPSA) is 71.1 Å². The Hall–Kier alpha value is -2.70. The summed E-state index contributed by atoms with van der Waals surface area (Å²) in [6, 6.07) is 19.8. The molecule has 0 bridgehead atoms. The van der Waals surface area contributed by atoms with Crippen LogP contribution in [0.1, 0.15) is 97.6 Å². The third kappa shape index (κ3) is 8.23. The van der Waals surface area contributed by atoms with E-state index in [0.717, 1.165) is 49.7 Å². The van der Waals surface area contributed by atoms with Crippen molar-refractivity contribution in [1.82, 2.24) is 0 Å². The summed E-state index contributed by atoms with van der Waals surface area (Å²) >= 11 is 0. The van der Waals surface area contributed by atoms with Gasteiger partial charge in [0, 0.05) is 6.42 Å². The van der Waals surface area contributed by atoms with Crippen molar-refractivity contribution in [3.05, 3.63) is 71.8 Å². The first-order valence-corrected chi connectivity index (χ1v) is 17.8. The lowest BCUT2D eigenvalue weighted by atomic mass is 9.67. The van der Waals surface area contributed by atoms with Crippen LogP contribution in [0.3, 0.4) is 0 Å². The van der Waals surface area contributed by atoms with Crippen LogP contribution in [0.5, 0.6) is 0 Å². The van der Waals surface area contributed by atoms with Crippen LogP contribution in [0.4, 0.5) is 0 Å². The summed E-state index contributed by atoms with van der Waals surface area (Å²) in [5.74, 6) is -1.28. The van der Waals surface area contributed by atoms with Crippen LogP contribution in [0.25, 0.3) is 0 Å². The van der Waals surface area contributed by atoms with Gasteiger partial charge in [-0.3, -0.25) is 9.59 Å². The molecule has 8 unspecified atom stereocenters. The zero-order valence-corrected chi connectivity index (χ0v) is 28.9. The molecule has 252 valence electrons. The minimum atomic E-state index is -1.31. The predicted molar refractivity (Wildman–Crippen MR) is 179 cm³/mol. The molecule has 0 heterocycles. The highest BCUT2D eigenvalue weighted by Gasteiger charge is 2.65. The molecular formula is C40H56O6. The quantitative estimate of drug-likeness (QED) is 0.172. The van der Waals surface area contributed by atoms with Crippen molar-refractivity contribution in [3.8, 4) is 0 Å². The Balaban J connectivity index is 1.43. The number of carbonyl (C=O) groups is 2. The Kier molecular flexibility index (Phi) is 11.6. The number of esters is 2. The first-order valence-electron chi connectivity index (χ1n) is 17.8.